The molecule has 1 aliphatic carbocycles. The number of aliphatic carboxylic acids is 1. The van der Waals surface area contributed by atoms with Gasteiger partial charge in [0.2, 0.25) is 0 Å². The number of likely N-dealkylation sites (N-methyl/N-ethyl adjacent to an activating group) is 1. The molecular formula is C19H25N5O4. The van der Waals surface area contributed by atoms with Gasteiger partial charge in [0.05, 0.1) is 12.6 Å². The number of urea groups is 1. The van der Waals surface area contributed by atoms with Crippen LogP contribution in [0.5, 0.6) is 0 Å². The molecule has 9 heteroatoms. The van der Waals surface area contributed by atoms with Gasteiger partial charge in [-0.05, 0) is 38.4 Å². The van der Waals surface area contributed by atoms with Crippen molar-refractivity contribution in [3.8, 4) is 11.5 Å². The summed E-state index contributed by atoms with van der Waals surface area (Å²) in [6.07, 6.45) is 1.48. The fraction of sp³-hybridized carbons (Fsp3) is 0.474. The minimum absolute atomic E-state index is 0.0265. The summed E-state index contributed by atoms with van der Waals surface area (Å²) in [5, 5.41) is 18.6. The van der Waals surface area contributed by atoms with Gasteiger partial charge in [-0.1, -0.05) is 30.3 Å². The summed E-state index contributed by atoms with van der Waals surface area (Å²) < 4.78 is 5.26. The topological polar surface area (TPSA) is 121 Å². The van der Waals surface area contributed by atoms with Gasteiger partial charge in [-0.2, -0.15) is 4.98 Å². The number of hydrogen-bond donors (Lipinski definition) is 3. The van der Waals surface area contributed by atoms with Gasteiger partial charge in [-0.25, -0.2) is 4.79 Å². The number of nitrogens with zero attached hydrogens (tertiary/aromatic N) is 3. The molecule has 28 heavy (non-hydrogen) atoms. The van der Waals surface area contributed by atoms with E-state index in [9.17, 15) is 9.59 Å². The van der Waals surface area contributed by atoms with Crippen molar-refractivity contribution in [3.63, 3.8) is 0 Å². The highest BCUT2D eigenvalue weighted by molar-refractivity contribution is 5.74. The number of carboxylic acid groups (broad SMARTS) is 1. The van der Waals surface area contributed by atoms with Crippen molar-refractivity contribution < 1.29 is 19.2 Å². The van der Waals surface area contributed by atoms with E-state index in [1.165, 1.54) is 0 Å². The van der Waals surface area contributed by atoms with E-state index in [-0.39, 0.29) is 24.7 Å². The van der Waals surface area contributed by atoms with Crippen LogP contribution >= 0.6 is 0 Å². The zero-order valence-corrected chi connectivity index (χ0v) is 16.0. The molecule has 0 spiro atoms. The molecule has 1 unspecified atom stereocenters. The van der Waals surface area contributed by atoms with Crippen molar-refractivity contribution in [2.75, 3.05) is 13.1 Å². The predicted octanol–water partition coefficient (Wildman–Crippen LogP) is 2.03. The Morgan fingerprint density at radius 3 is 2.68 bits per heavy atom. The van der Waals surface area contributed by atoms with Gasteiger partial charge < -0.3 is 20.3 Å². The summed E-state index contributed by atoms with van der Waals surface area (Å²) in [5.41, 5.74) is 0.820. The normalized spacial score (nSPS) is 19.7. The highest BCUT2D eigenvalue weighted by Gasteiger charge is 2.34. The lowest BCUT2D eigenvalue weighted by Gasteiger charge is -2.42. The van der Waals surface area contributed by atoms with Gasteiger partial charge in [0, 0.05) is 17.6 Å². The summed E-state index contributed by atoms with van der Waals surface area (Å²) in [7, 11) is 0. The third kappa shape index (κ3) is 4.86. The predicted molar refractivity (Wildman–Crippen MR) is 102 cm³/mol. The van der Waals surface area contributed by atoms with E-state index in [1.807, 2.05) is 42.2 Å². The van der Waals surface area contributed by atoms with Crippen LogP contribution in [0.1, 0.15) is 38.6 Å². The lowest BCUT2D eigenvalue weighted by molar-refractivity contribution is -0.139. The lowest BCUT2D eigenvalue weighted by Crippen LogP contribution is -2.56. The molecule has 0 radical (unpaired) electrons. The van der Waals surface area contributed by atoms with Gasteiger partial charge >= 0.3 is 12.0 Å². The number of benzene rings is 1. The Morgan fingerprint density at radius 1 is 1.32 bits per heavy atom. The van der Waals surface area contributed by atoms with Crippen molar-refractivity contribution in [3.05, 3.63) is 36.2 Å². The molecule has 0 bridgehead atoms. The zero-order valence-electron chi connectivity index (χ0n) is 16.0. The maximum Gasteiger partial charge on any atom is 0.317 e. The van der Waals surface area contributed by atoms with Crippen molar-refractivity contribution in [1.82, 2.24) is 25.7 Å². The van der Waals surface area contributed by atoms with Crippen LogP contribution < -0.4 is 10.6 Å². The second-order valence-electron chi connectivity index (χ2n) is 6.94. The first kappa shape index (κ1) is 19.8. The third-order valence-electron chi connectivity index (χ3n) is 4.91. The Bertz CT molecular complexity index is 804. The Balaban J connectivity index is 1.46. The van der Waals surface area contributed by atoms with Gasteiger partial charge in [-0.3, -0.25) is 9.69 Å². The second-order valence-corrected chi connectivity index (χ2v) is 6.94. The molecule has 9 nitrogen and oxygen atoms in total. The number of amides is 2. The number of aromatic nitrogens is 2. The van der Waals surface area contributed by atoms with E-state index in [0.29, 0.717) is 18.3 Å². The number of nitrogens with one attached hydrogen (secondary N) is 2. The van der Waals surface area contributed by atoms with Crippen molar-refractivity contribution >= 4 is 12.0 Å². The Morgan fingerprint density at radius 2 is 2.04 bits per heavy atom. The minimum Gasteiger partial charge on any atom is -0.480 e. The van der Waals surface area contributed by atoms with Crippen molar-refractivity contribution in [1.29, 1.82) is 0 Å². The van der Waals surface area contributed by atoms with Crippen LogP contribution in [-0.2, 0) is 4.79 Å². The summed E-state index contributed by atoms with van der Waals surface area (Å²) >= 11 is 0. The van der Waals surface area contributed by atoms with Crippen LogP contribution in [0.25, 0.3) is 11.5 Å². The van der Waals surface area contributed by atoms with E-state index >= 15 is 0 Å². The van der Waals surface area contributed by atoms with Crippen LogP contribution in [0.15, 0.2) is 34.9 Å². The fourth-order valence-electron chi connectivity index (χ4n) is 3.27. The summed E-state index contributed by atoms with van der Waals surface area (Å²) in [6.45, 7) is 4.42. The van der Waals surface area contributed by atoms with Crippen LogP contribution in [-0.4, -0.2) is 57.3 Å². The van der Waals surface area contributed by atoms with E-state index in [0.717, 1.165) is 18.4 Å². The van der Waals surface area contributed by atoms with E-state index < -0.39 is 12.0 Å². The van der Waals surface area contributed by atoms with E-state index in [4.69, 9.17) is 9.63 Å². The number of carboxylic acids is 1. The quantitative estimate of drug-likeness (QED) is 0.634. The molecule has 0 saturated heterocycles. The molecular weight excluding hydrogens is 362 g/mol. The molecule has 3 N–H and O–H groups in total. The Hall–Kier alpha value is -2.94. The summed E-state index contributed by atoms with van der Waals surface area (Å²) in [5.74, 6) is -0.0245. The maximum atomic E-state index is 12.2. The van der Waals surface area contributed by atoms with Crippen molar-refractivity contribution in [2.24, 2.45) is 0 Å². The van der Waals surface area contributed by atoms with Gasteiger partial charge in [0.25, 0.3) is 5.89 Å². The molecule has 0 aliphatic heterocycles. The fourth-order valence-corrected chi connectivity index (χ4v) is 3.27. The number of carbonyl (C=O) groups excluding carboxylic acids is 1. The number of rotatable bonds is 8. The molecule has 1 heterocycles. The molecule has 2 aromatic rings. The van der Waals surface area contributed by atoms with Crippen molar-refractivity contribution in [2.45, 2.75) is 44.8 Å². The van der Waals surface area contributed by atoms with Crippen LogP contribution in [0.4, 0.5) is 4.79 Å². The molecule has 3 rings (SSSR count). The SMILES string of the molecule is CCN(CC(=O)O)C1CC(NC(=O)NC(C)c2noc(-c3ccccc3)n2)C1. The molecule has 1 aromatic heterocycles. The minimum atomic E-state index is -0.834. The van der Waals surface area contributed by atoms with Crippen LogP contribution in [0.2, 0.25) is 0 Å². The maximum absolute atomic E-state index is 12.2. The number of carbonyl (C=O) groups is 2. The first-order valence-corrected chi connectivity index (χ1v) is 9.38. The van der Waals surface area contributed by atoms with Gasteiger partial charge in [-0.15, -0.1) is 0 Å². The zero-order chi connectivity index (χ0) is 20.1. The third-order valence-corrected chi connectivity index (χ3v) is 4.91. The van der Waals surface area contributed by atoms with Gasteiger partial charge in [0.15, 0.2) is 5.82 Å². The largest absolute Gasteiger partial charge is 0.480 e. The molecule has 1 atom stereocenters. The van der Waals surface area contributed by atoms with Gasteiger partial charge in [0.1, 0.15) is 0 Å². The smallest absolute Gasteiger partial charge is 0.317 e. The molecule has 1 saturated carbocycles. The molecule has 1 aliphatic rings. The highest BCUT2D eigenvalue weighted by atomic mass is 16.5. The second kappa shape index (κ2) is 8.83. The van der Waals surface area contributed by atoms with Crippen LogP contribution in [0, 0.1) is 0 Å². The average Bonchev–Trinajstić information content (AvgIpc) is 3.13. The van der Waals surface area contributed by atoms with E-state index in [2.05, 4.69) is 20.8 Å². The molecule has 2 amide bonds. The monoisotopic (exact) mass is 387 g/mol. The lowest BCUT2D eigenvalue weighted by atomic mass is 9.85. The summed E-state index contributed by atoms with van der Waals surface area (Å²) in [6, 6.07) is 8.94. The standard InChI is InChI=1S/C19H25N5O4/c1-3-24(11-16(25)26)15-9-14(10-15)21-19(27)20-12(2)17-22-18(28-23-17)13-7-5-4-6-8-13/h4-8,12,14-15H,3,9-11H2,1-2H3,(H,25,26)(H2,20,21,27). The number of hydrogen-bond acceptors (Lipinski definition) is 6. The molecule has 1 fully saturated rings. The van der Waals surface area contributed by atoms with Crippen LogP contribution in [0.3, 0.4) is 0 Å². The Labute approximate surface area is 163 Å². The average molecular weight is 387 g/mol. The molecule has 150 valence electrons. The van der Waals surface area contributed by atoms with E-state index in [1.54, 1.807) is 6.92 Å². The summed E-state index contributed by atoms with van der Waals surface area (Å²) in [4.78, 5) is 29.3. The Kier molecular flexibility index (Phi) is 6.25. The highest BCUT2D eigenvalue weighted by Crippen LogP contribution is 2.25. The first-order valence-electron chi connectivity index (χ1n) is 9.38. The molecule has 1 aromatic carbocycles. The first-order chi connectivity index (χ1) is 13.5.